The van der Waals surface area contributed by atoms with Crippen molar-refractivity contribution in [3.63, 3.8) is 0 Å². The minimum Gasteiger partial charge on any atom is -0.456 e. The number of hydrogen-bond donors (Lipinski definition) is 0. The van der Waals surface area contributed by atoms with Crippen LogP contribution in [0.25, 0.3) is 0 Å². The van der Waals surface area contributed by atoms with Gasteiger partial charge in [-0.25, -0.2) is 4.79 Å². The van der Waals surface area contributed by atoms with Crippen LogP contribution in [-0.2, 0) is 11.3 Å². The molecule has 0 spiro atoms. The summed E-state index contributed by atoms with van der Waals surface area (Å²) in [4.78, 5) is 13.2. The Kier molecular flexibility index (Phi) is 5.72. The molecule has 29 heavy (non-hydrogen) atoms. The standard InChI is InChI=1S/C22H17Cl2NO3S/c1-12-15(9-10-16(23)18(12)24)21(29)17-19(25-28-20(17)14-7-8-14)22(26)27-11-13-5-3-2-4-6-13/h2-6,9-10,14H,7-8,11H2,1H3. The Balaban J connectivity index is 1.67. The number of carbonyl (C=O) groups is 1. The predicted molar refractivity (Wildman–Crippen MR) is 116 cm³/mol. The van der Waals surface area contributed by atoms with E-state index in [9.17, 15) is 4.79 Å². The second-order valence-electron chi connectivity index (χ2n) is 6.97. The molecule has 0 atom stereocenters. The van der Waals surface area contributed by atoms with E-state index in [-0.39, 0.29) is 18.2 Å². The van der Waals surface area contributed by atoms with Crippen molar-refractivity contribution >= 4 is 46.3 Å². The lowest BCUT2D eigenvalue weighted by molar-refractivity contribution is 0.0460. The van der Waals surface area contributed by atoms with Crippen LogP contribution in [0.15, 0.2) is 47.0 Å². The lowest BCUT2D eigenvalue weighted by Crippen LogP contribution is -2.13. The number of halogens is 2. The first-order valence-electron chi connectivity index (χ1n) is 9.17. The van der Waals surface area contributed by atoms with Crippen molar-refractivity contribution in [2.24, 2.45) is 0 Å². The minimum atomic E-state index is -0.570. The molecule has 7 heteroatoms. The second-order valence-corrected chi connectivity index (χ2v) is 8.16. The van der Waals surface area contributed by atoms with E-state index in [4.69, 9.17) is 44.7 Å². The molecule has 3 aromatic rings. The summed E-state index contributed by atoms with van der Waals surface area (Å²) in [6.07, 6.45) is 1.95. The van der Waals surface area contributed by atoms with Crippen molar-refractivity contribution in [2.45, 2.75) is 32.3 Å². The molecule has 1 saturated carbocycles. The highest BCUT2D eigenvalue weighted by Crippen LogP contribution is 2.43. The molecular weight excluding hydrogens is 429 g/mol. The molecule has 4 nitrogen and oxygen atoms in total. The number of carbonyl (C=O) groups excluding carboxylic acids is 1. The van der Waals surface area contributed by atoms with Gasteiger partial charge in [0.05, 0.1) is 20.5 Å². The van der Waals surface area contributed by atoms with Gasteiger partial charge in [0.25, 0.3) is 0 Å². The average Bonchev–Trinajstić information content (AvgIpc) is 3.48. The highest BCUT2D eigenvalue weighted by atomic mass is 35.5. The first kappa shape index (κ1) is 20.1. The van der Waals surface area contributed by atoms with Crippen LogP contribution in [0.3, 0.4) is 0 Å². The molecule has 1 heterocycles. The number of thiocarbonyl (C=S) groups is 1. The monoisotopic (exact) mass is 445 g/mol. The summed E-state index contributed by atoms with van der Waals surface area (Å²) in [6, 6.07) is 12.9. The number of aromatic nitrogens is 1. The summed E-state index contributed by atoms with van der Waals surface area (Å²) in [5, 5.41) is 4.89. The van der Waals surface area contributed by atoms with Crippen molar-refractivity contribution < 1.29 is 14.1 Å². The number of benzene rings is 2. The first-order valence-corrected chi connectivity index (χ1v) is 10.3. The summed E-state index contributed by atoms with van der Waals surface area (Å²) in [5.41, 5.74) is 2.96. The van der Waals surface area contributed by atoms with Crippen LogP contribution in [0, 0.1) is 6.92 Å². The Morgan fingerprint density at radius 2 is 1.93 bits per heavy atom. The molecule has 1 aromatic heterocycles. The van der Waals surface area contributed by atoms with Crippen LogP contribution >= 0.6 is 35.4 Å². The smallest absolute Gasteiger partial charge is 0.361 e. The van der Waals surface area contributed by atoms with Gasteiger partial charge in [-0.1, -0.05) is 77.0 Å². The van der Waals surface area contributed by atoms with Crippen LogP contribution in [0.1, 0.15) is 57.3 Å². The molecule has 0 radical (unpaired) electrons. The van der Waals surface area contributed by atoms with Crippen LogP contribution in [-0.4, -0.2) is 16.0 Å². The molecule has 1 aliphatic rings. The van der Waals surface area contributed by atoms with Crippen LogP contribution in [0.2, 0.25) is 10.0 Å². The molecule has 0 N–H and O–H groups in total. The van der Waals surface area contributed by atoms with Gasteiger partial charge in [0, 0.05) is 5.92 Å². The van der Waals surface area contributed by atoms with Gasteiger partial charge in [-0.05, 0) is 42.5 Å². The van der Waals surface area contributed by atoms with Gasteiger partial charge in [-0.2, -0.15) is 0 Å². The largest absolute Gasteiger partial charge is 0.456 e. The zero-order valence-corrected chi connectivity index (χ0v) is 17.9. The van der Waals surface area contributed by atoms with Gasteiger partial charge in [0.1, 0.15) is 12.4 Å². The van der Waals surface area contributed by atoms with Gasteiger partial charge in [0.15, 0.2) is 5.69 Å². The molecule has 0 unspecified atom stereocenters. The second kappa shape index (κ2) is 8.27. The fourth-order valence-corrected chi connectivity index (χ4v) is 3.90. The molecule has 0 aliphatic heterocycles. The van der Waals surface area contributed by atoms with E-state index >= 15 is 0 Å². The van der Waals surface area contributed by atoms with E-state index in [0.29, 0.717) is 26.2 Å². The summed E-state index contributed by atoms with van der Waals surface area (Å²) < 4.78 is 11.0. The lowest BCUT2D eigenvalue weighted by Gasteiger charge is -2.11. The number of nitrogens with zero attached hydrogens (tertiary/aromatic N) is 1. The quantitative estimate of drug-likeness (QED) is 0.253. The third kappa shape index (κ3) is 4.08. The third-order valence-corrected chi connectivity index (χ3v) is 6.21. The van der Waals surface area contributed by atoms with Gasteiger partial charge in [-0.3, -0.25) is 0 Å². The van der Waals surface area contributed by atoms with E-state index in [1.54, 1.807) is 12.1 Å². The normalized spacial score (nSPS) is 13.3. The van der Waals surface area contributed by atoms with Crippen LogP contribution in [0.5, 0.6) is 0 Å². The highest BCUT2D eigenvalue weighted by Gasteiger charge is 2.36. The van der Waals surface area contributed by atoms with E-state index in [0.717, 1.165) is 29.5 Å². The molecular formula is C22H17Cl2NO3S. The summed E-state index contributed by atoms with van der Waals surface area (Å²) in [7, 11) is 0. The van der Waals surface area contributed by atoms with Gasteiger partial charge < -0.3 is 9.26 Å². The number of esters is 1. The maximum Gasteiger partial charge on any atom is 0.361 e. The number of ether oxygens (including phenoxy) is 1. The zero-order chi connectivity index (χ0) is 20.5. The van der Waals surface area contributed by atoms with E-state index in [1.807, 2.05) is 37.3 Å². The van der Waals surface area contributed by atoms with Gasteiger partial charge in [-0.15, -0.1) is 0 Å². The van der Waals surface area contributed by atoms with Crippen molar-refractivity contribution in [3.8, 4) is 0 Å². The fourth-order valence-electron chi connectivity index (χ4n) is 3.11. The molecule has 1 aliphatic carbocycles. The Labute approximate surface area is 183 Å². The van der Waals surface area contributed by atoms with E-state index < -0.39 is 5.97 Å². The summed E-state index contributed by atoms with van der Waals surface area (Å²) >= 11 is 18.1. The highest BCUT2D eigenvalue weighted by molar-refractivity contribution is 7.81. The molecule has 148 valence electrons. The fraction of sp³-hybridized carbons (Fsp3) is 0.227. The molecule has 1 fully saturated rings. The van der Waals surface area contributed by atoms with Crippen LogP contribution in [0.4, 0.5) is 0 Å². The molecule has 2 aromatic carbocycles. The summed E-state index contributed by atoms with van der Waals surface area (Å²) in [6.45, 7) is 1.98. The maximum absolute atomic E-state index is 12.8. The Morgan fingerprint density at radius 1 is 1.21 bits per heavy atom. The van der Waals surface area contributed by atoms with E-state index in [2.05, 4.69) is 5.16 Å². The van der Waals surface area contributed by atoms with Gasteiger partial charge >= 0.3 is 5.97 Å². The predicted octanol–water partition coefficient (Wildman–Crippen LogP) is 6.29. The molecule has 0 saturated heterocycles. The molecule has 0 amide bonds. The average molecular weight is 446 g/mol. The Morgan fingerprint density at radius 3 is 2.62 bits per heavy atom. The Hall–Kier alpha value is -2.21. The maximum atomic E-state index is 12.8. The van der Waals surface area contributed by atoms with Gasteiger partial charge in [0.2, 0.25) is 0 Å². The minimum absolute atomic E-state index is 0.0957. The first-order chi connectivity index (χ1) is 14.0. The van der Waals surface area contributed by atoms with Crippen molar-refractivity contribution in [1.29, 1.82) is 0 Å². The van der Waals surface area contributed by atoms with Crippen molar-refractivity contribution in [3.05, 3.63) is 86.2 Å². The van der Waals surface area contributed by atoms with Crippen molar-refractivity contribution in [2.75, 3.05) is 0 Å². The topological polar surface area (TPSA) is 52.3 Å². The van der Waals surface area contributed by atoms with E-state index in [1.165, 1.54) is 0 Å². The lowest BCUT2D eigenvalue weighted by atomic mass is 9.97. The van der Waals surface area contributed by atoms with Crippen molar-refractivity contribution in [1.82, 2.24) is 5.16 Å². The van der Waals surface area contributed by atoms with Crippen LogP contribution < -0.4 is 0 Å². The summed E-state index contributed by atoms with van der Waals surface area (Å²) in [5.74, 6) is 0.279. The number of rotatable bonds is 6. The molecule has 0 bridgehead atoms. The number of hydrogen-bond acceptors (Lipinski definition) is 5. The third-order valence-electron chi connectivity index (χ3n) is 4.88. The zero-order valence-electron chi connectivity index (χ0n) is 15.6. The SMILES string of the molecule is Cc1c(C(=S)c2c(C(=O)OCc3ccccc3)noc2C2CC2)ccc(Cl)c1Cl. The molecule has 4 rings (SSSR count). The Bertz CT molecular complexity index is 1090.